The van der Waals surface area contributed by atoms with Gasteiger partial charge in [0.1, 0.15) is 5.76 Å². The Morgan fingerprint density at radius 1 is 1.54 bits per heavy atom. The molecule has 0 saturated carbocycles. The molecule has 0 saturated heterocycles. The van der Waals surface area contributed by atoms with Crippen LogP contribution < -0.4 is 11.1 Å². The van der Waals surface area contributed by atoms with Gasteiger partial charge in [-0.1, -0.05) is 18.7 Å². The molecule has 0 heterocycles. The lowest BCUT2D eigenvalue weighted by Gasteiger charge is -2.05. The van der Waals surface area contributed by atoms with Crippen molar-refractivity contribution < 1.29 is 4.74 Å². The zero-order valence-electron chi connectivity index (χ0n) is 8.39. The normalized spacial score (nSPS) is 10.8. The molecule has 0 fully saturated rings. The lowest BCUT2D eigenvalue weighted by atomic mass is 10.2. The summed E-state index contributed by atoms with van der Waals surface area (Å²) in [6.45, 7) is 10.0. The van der Waals surface area contributed by atoms with Crippen molar-refractivity contribution in [2.45, 2.75) is 13.3 Å². The first-order chi connectivity index (χ1) is 6.06. The van der Waals surface area contributed by atoms with Crippen LogP contribution in [0.15, 0.2) is 36.4 Å². The molecule has 3 nitrogen and oxygen atoms in total. The third-order valence-electron chi connectivity index (χ3n) is 1.54. The summed E-state index contributed by atoms with van der Waals surface area (Å²) in [5.74, 6) is 1.17. The minimum absolute atomic E-state index is 0.498. The maximum atomic E-state index is 5.34. The largest absolute Gasteiger partial charge is 0.497 e. The minimum atomic E-state index is 0.498. The standard InChI is InChI=1S/C10H18N2O/c1-8(7-9(2)13-4)5-6-12-10(3)11/h7,12H,2-3,5-6,11H2,1,4H3/b8-7+. The second-order valence-electron chi connectivity index (χ2n) is 2.86. The molecule has 74 valence electrons. The van der Waals surface area contributed by atoms with Gasteiger partial charge in [-0.05, 0) is 19.4 Å². The van der Waals surface area contributed by atoms with Crippen LogP contribution in [-0.2, 0) is 4.74 Å². The van der Waals surface area contributed by atoms with E-state index in [1.165, 1.54) is 5.57 Å². The van der Waals surface area contributed by atoms with Crippen LogP contribution in [0.3, 0.4) is 0 Å². The molecule has 0 aromatic rings. The molecule has 0 bridgehead atoms. The van der Waals surface area contributed by atoms with Crippen LogP contribution in [0.25, 0.3) is 0 Å². The first-order valence-corrected chi connectivity index (χ1v) is 4.14. The Morgan fingerprint density at radius 2 is 2.15 bits per heavy atom. The molecule has 0 aliphatic carbocycles. The van der Waals surface area contributed by atoms with E-state index in [0.717, 1.165) is 13.0 Å². The van der Waals surface area contributed by atoms with Crippen molar-refractivity contribution in [2.24, 2.45) is 5.73 Å². The van der Waals surface area contributed by atoms with Gasteiger partial charge in [0.2, 0.25) is 0 Å². The third kappa shape index (κ3) is 7.00. The Morgan fingerprint density at radius 3 is 2.62 bits per heavy atom. The van der Waals surface area contributed by atoms with Gasteiger partial charge in [0, 0.05) is 6.54 Å². The highest BCUT2D eigenvalue weighted by Crippen LogP contribution is 2.03. The zero-order chi connectivity index (χ0) is 10.3. The number of rotatable bonds is 6. The van der Waals surface area contributed by atoms with Crippen molar-refractivity contribution in [2.75, 3.05) is 13.7 Å². The average molecular weight is 182 g/mol. The van der Waals surface area contributed by atoms with Gasteiger partial charge in [0.15, 0.2) is 0 Å². The van der Waals surface area contributed by atoms with Crippen LogP contribution in [0, 0.1) is 0 Å². The van der Waals surface area contributed by atoms with Crippen LogP contribution >= 0.6 is 0 Å². The maximum Gasteiger partial charge on any atom is 0.111 e. The topological polar surface area (TPSA) is 47.3 Å². The number of nitrogens with two attached hydrogens (primary N) is 1. The van der Waals surface area contributed by atoms with Crippen LogP contribution in [0.4, 0.5) is 0 Å². The monoisotopic (exact) mass is 182 g/mol. The van der Waals surface area contributed by atoms with E-state index in [1.54, 1.807) is 7.11 Å². The van der Waals surface area contributed by atoms with Crippen molar-refractivity contribution >= 4 is 0 Å². The SMILES string of the molecule is C=C(N)NCC/C(C)=C/C(=C)OC. The molecule has 0 atom stereocenters. The maximum absolute atomic E-state index is 5.34. The van der Waals surface area contributed by atoms with E-state index in [2.05, 4.69) is 18.5 Å². The predicted octanol–water partition coefficient (Wildman–Crippen LogP) is 1.50. The first-order valence-electron chi connectivity index (χ1n) is 4.14. The van der Waals surface area contributed by atoms with E-state index in [9.17, 15) is 0 Å². The van der Waals surface area contributed by atoms with E-state index in [-0.39, 0.29) is 0 Å². The van der Waals surface area contributed by atoms with Gasteiger partial charge in [-0.2, -0.15) is 0 Å². The summed E-state index contributed by atoms with van der Waals surface area (Å²) in [6, 6.07) is 0. The molecule has 0 aromatic carbocycles. The molecule has 13 heavy (non-hydrogen) atoms. The minimum Gasteiger partial charge on any atom is -0.497 e. The summed E-state index contributed by atoms with van der Waals surface area (Å²) < 4.78 is 4.91. The van der Waals surface area contributed by atoms with Gasteiger partial charge >= 0.3 is 0 Å². The molecule has 0 radical (unpaired) electrons. The average Bonchev–Trinajstić information content (AvgIpc) is 2.03. The van der Waals surface area contributed by atoms with Gasteiger partial charge < -0.3 is 15.8 Å². The van der Waals surface area contributed by atoms with Crippen molar-refractivity contribution in [3.05, 3.63) is 36.4 Å². The van der Waals surface area contributed by atoms with E-state index >= 15 is 0 Å². The molecule has 0 aliphatic heterocycles. The molecule has 0 unspecified atom stereocenters. The van der Waals surface area contributed by atoms with Gasteiger partial charge in [0.05, 0.1) is 12.9 Å². The molecule has 3 heteroatoms. The van der Waals surface area contributed by atoms with Crippen molar-refractivity contribution in [3.8, 4) is 0 Å². The Kier molecular flexibility index (Phi) is 5.52. The fraction of sp³-hybridized carbons (Fsp3) is 0.400. The Hall–Kier alpha value is -1.38. The van der Waals surface area contributed by atoms with E-state index in [4.69, 9.17) is 10.5 Å². The highest BCUT2D eigenvalue weighted by Gasteiger charge is 1.92. The van der Waals surface area contributed by atoms with Crippen molar-refractivity contribution in [3.63, 3.8) is 0 Å². The molecule has 0 aromatic heterocycles. The Labute approximate surface area is 80.0 Å². The van der Waals surface area contributed by atoms with Crippen molar-refractivity contribution in [1.29, 1.82) is 0 Å². The lowest BCUT2D eigenvalue weighted by molar-refractivity contribution is 0.308. The summed E-state index contributed by atoms with van der Waals surface area (Å²) in [5.41, 5.74) is 6.53. The van der Waals surface area contributed by atoms with Crippen LogP contribution in [-0.4, -0.2) is 13.7 Å². The highest BCUT2D eigenvalue weighted by atomic mass is 16.5. The number of methoxy groups -OCH3 is 1. The molecular weight excluding hydrogens is 164 g/mol. The first kappa shape index (κ1) is 11.6. The second kappa shape index (κ2) is 6.17. The smallest absolute Gasteiger partial charge is 0.111 e. The molecule has 0 aliphatic rings. The molecule has 3 N–H and O–H groups in total. The van der Waals surface area contributed by atoms with Crippen LogP contribution in [0.2, 0.25) is 0 Å². The zero-order valence-corrected chi connectivity index (χ0v) is 8.39. The van der Waals surface area contributed by atoms with E-state index in [0.29, 0.717) is 11.6 Å². The number of hydrogen-bond acceptors (Lipinski definition) is 3. The van der Waals surface area contributed by atoms with Crippen LogP contribution in [0.1, 0.15) is 13.3 Å². The van der Waals surface area contributed by atoms with Gasteiger partial charge in [-0.25, -0.2) is 0 Å². The van der Waals surface area contributed by atoms with Gasteiger partial charge in [-0.15, -0.1) is 0 Å². The fourth-order valence-corrected chi connectivity index (χ4v) is 0.826. The summed E-state index contributed by atoms with van der Waals surface area (Å²) in [5, 5.41) is 2.94. The van der Waals surface area contributed by atoms with E-state index < -0.39 is 0 Å². The van der Waals surface area contributed by atoms with Crippen molar-refractivity contribution in [1.82, 2.24) is 5.32 Å². The van der Waals surface area contributed by atoms with E-state index in [1.807, 2.05) is 13.0 Å². The Balaban J connectivity index is 3.73. The summed E-state index contributed by atoms with van der Waals surface area (Å²) in [4.78, 5) is 0. The summed E-state index contributed by atoms with van der Waals surface area (Å²) >= 11 is 0. The quantitative estimate of drug-likeness (QED) is 0.483. The van der Waals surface area contributed by atoms with Gasteiger partial charge in [-0.3, -0.25) is 0 Å². The van der Waals surface area contributed by atoms with Crippen LogP contribution in [0.5, 0.6) is 0 Å². The third-order valence-corrected chi connectivity index (χ3v) is 1.54. The van der Waals surface area contributed by atoms with Gasteiger partial charge in [0.25, 0.3) is 0 Å². The second-order valence-corrected chi connectivity index (χ2v) is 2.86. The summed E-state index contributed by atoms with van der Waals surface area (Å²) in [6.07, 6.45) is 2.81. The molecule has 0 rings (SSSR count). The number of hydrogen-bond donors (Lipinski definition) is 2. The summed E-state index contributed by atoms with van der Waals surface area (Å²) in [7, 11) is 1.60. The molecule has 0 spiro atoms. The number of allylic oxidation sites excluding steroid dienone is 1. The number of ether oxygens (including phenoxy) is 1. The fourth-order valence-electron chi connectivity index (χ4n) is 0.826. The lowest BCUT2D eigenvalue weighted by Crippen LogP contribution is -2.19. The Bertz CT molecular complexity index is 219. The highest BCUT2D eigenvalue weighted by molar-refractivity contribution is 5.14. The molecule has 0 amide bonds. The number of nitrogens with one attached hydrogen (secondary N) is 1. The molecular formula is C10H18N2O. The predicted molar refractivity (Wildman–Crippen MR) is 55.9 cm³/mol.